The highest BCUT2D eigenvalue weighted by atomic mass is 79.9. The molecular weight excluding hydrogens is 496 g/mol. The number of hydrogen-bond acceptors (Lipinski definition) is 7. The molecule has 0 N–H and O–H groups in total. The fraction of sp³-hybridized carbons (Fsp3) is 0. The molecule has 0 atom stereocenters. The van der Waals surface area contributed by atoms with E-state index in [2.05, 4.69) is 25.9 Å². The Labute approximate surface area is 184 Å². The first-order valence-corrected chi connectivity index (χ1v) is 10.4. The Bertz CT molecular complexity index is 1590. The maximum Gasteiger partial charge on any atom is 0.276 e. The first-order chi connectivity index (χ1) is 14.4. The van der Waals surface area contributed by atoms with Gasteiger partial charge in [0.2, 0.25) is 0 Å². The number of thiazole rings is 1. The van der Waals surface area contributed by atoms with Gasteiger partial charge < -0.3 is 4.42 Å². The van der Waals surface area contributed by atoms with Crippen molar-refractivity contribution in [3.8, 4) is 11.3 Å². The van der Waals surface area contributed by atoms with Crippen LogP contribution in [-0.2, 0) is 0 Å². The molecule has 0 saturated carbocycles. The number of hydrogen-bond donors (Lipinski definition) is 0. The Hall–Kier alpha value is -3.08. The fourth-order valence-electron chi connectivity index (χ4n) is 3.03. The SMILES string of the molecule is O=c1c(=Cc2ccc(-c3cc([N+](=O)[O-])ccc3Cl)o2)sc2nc3cc(Br)cnc3n12. The number of nitro benzene ring substituents is 1. The molecule has 0 radical (unpaired) electrons. The van der Waals surface area contributed by atoms with E-state index in [0.717, 1.165) is 4.47 Å². The zero-order valence-electron chi connectivity index (χ0n) is 14.7. The highest BCUT2D eigenvalue weighted by Crippen LogP contribution is 2.32. The molecule has 8 nitrogen and oxygen atoms in total. The van der Waals surface area contributed by atoms with Gasteiger partial charge in [0.1, 0.15) is 21.6 Å². The van der Waals surface area contributed by atoms with Gasteiger partial charge in [0.05, 0.1) is 9.95 Å². The fourth-order valence-corrected chi connectivity index (χ4v) is 4.52. The van der Waals surface area contributed by atoms with Gasteiger partial charge in [-0.3, -0.25) is 14.9 Å². The molecule has 5 rings (SSSR count). The van der Waals surface area contributed by atoms with Crippen molar-refractivity contribution >= 4 is 66.8 Å². The number of rotatable bonds is 3. The summed E-state index contributed by atoms with van der Waals surface area (Å²) < 4.78 is 8.44. The van der Waals surface area contributed by atoms with Crippen LogP contribution < -0.4 is 10.1 Å². The van der Waals surface area contributed by atoms with Crippen molar-refractivity contribution in [1.29, 1.82) is 0 Å². The van der Waals surface area contributed by atoms with Crippen LogP contribution in [-0.4, -0.2) is 19.3 Å². The van der Waals surface area contributed by atoms with Gasteiger partial charge in [0, 0.05) is 34.4 Å². The second kappa shape index (κ2) is 7.01. The quantitative estimate of drug-likeness (QED) is 0.266. The molecule has 30 heavy (non-hydrogen) atoms. The highest BCUT2D eigenvalue weighted by molar-refractivity contribution is 9.10. The number of pyridine rings is 1. The van der Waals surface area contributed by atoms with Crippen molar-refractivity contribution in [2.75, 3.05) is 0 Å². The summed E-state index contributed by atoms with van der Waals surface area (Å²) in [5.41, 5.74) is 1.16. The molecule has 5 aromatic rings. The predicted molar refractivity (Wildman–Crippen MR) is 117 cm³/mol. The number of nitro groups is 1. The Balaban J connectivity index is 1.60. The van der Waals surface area contributed by atoms with Gasteiger partial charge in [-0.1, -0.05) is 22.9 Å². The largest absolute Gasteiger partial charge is 0.457 e. The van der Waals surface area contributed by atoms with E-state index >= 15 is 0 Å². The summed E-state index contributed by atoms with van der Waals surface area (Å²) in [5.74, 6) is 0.773. The molecule has 0 amide bonds. The number of imidazole rings is 1. The third-order valence-electron chi connectivity index (χ3n) is 4.37. The maximum absolute atomic E-state index is 12.9. The van der Waals surface area contributed by atoms with Crippen LogP contribution in [0, 0.1) is 10.1 Å². The molecule has 0 spiro atoms. The van der Waals surface area contributed by atoms with Gasteiger partial charge in [0.25, 0.3) is 11.2 Å². The number of fused-ring (bicyclic) bond motifs is 3. The zero-order chi connectivity index (χ0) is 21.0. The smallest absolute Gasteiger partial charge is 0.276 e. The lowest BCUT2D eigenvalue weighted by Crippen LogP contribution is -2.22. The second-order valence-corrected chi connectivity index (χ2v) is 8.60. The number of benzene rings is 1. The normalized spacial score (nSPS) is 12.3. The molecule has 1 aromatic carbocycles. The lowest BCUT2D eigenvalue weighted by molar-refractivity contribution is -0.384. The Morgan fingerprint density at radius 2 is 2.10 bits per heavy atom. The third kappa shape index (κ3) is 3.09. The van der Waals surface area contributed by atoms with Crippen LogP contribution in [0.25, 0.3) is 33.5 Å². The molecule has 0 aliphatic heterocycles. The molecule has 0 aliphatic rings. The molecule has 0 saturated heterocycles. The van der Waals surface area contributed by atoms with Gasteiger partial charge in [0.15, 0.2) is 10.6 Å². The van der Waals surface area contributed by atoms with Crippen LogP contribution >= 0.6 is 38.9 Å². The van der Waals surface area contributed by atoms with E-state index in [-0.39, 0.29) is 11.2 Å². The van der Waals surface area contributed by atoms with Gasteiger partial charge in [-0.15, -0.1) is 0 Å². The summed E-state index contributed by atoms with van der Waals surface area (Å²) in [6, 6.07) is 9.23. The summed E-state index contributed by atoms with van der Waals surface area (Å²) >= 11 is 10.7. The first kappa shape index (κ1) is 18.9. The number of aromatic nitrogens is 3. The average molecular weight is 504 g/mol. The summed E-state index contributed by atoms with van der Waals surface area (Å²) in [6.45, 7) is 0. The number of halogens is 2. The molecule has 4 heterocycles. The summed E-state index contributed by atoms with van der Waals surface area (Å²) in [4.78, 5) is 32.6. The number of nitrogens with zero attached hydrogens (tertiary/aromatic N) is 4. The maximum atomic E-state index is 12.9. The zero-order valence-corrected chi connectivity index (χ0v) is 17.9. The summed E-state index contributed by atoms with van der Waals surface area (Å²) in [7, 11) is 0. The topological polar surface area (TPSA) is 104 Å². The van der Waals surface area contributed by atoms with Crippen molar-refractivity contribution in [1.82, 2.24) is 14.4 Å². The molecule has 0 aliphatic carbocycles. The minimum absolute atomic E-state index is 0.0938. The van der Waals surface area contributed by atoms with E-state index < -0.39 is 4.92 Å². The minimum atomic E-state index is -0.502. The number of non-ortho nitro benzene ring substituents is 1. The molecule has 0 unspecified atom stereocenters. The minimum Gasteiger partial charge on any atom is -0.457 e. The van der Waals surface area contributed by atoms with Gasteiger partial charge in [-0.05, 0) is 40.2 Å². The summed E-state index contributed by atoms with van der Waals surface area (Å²) in [6.07, 6.45) is 3.21. The van der Waals surface area contributed by atoms with Crippen molar-refractivity contribution in [3.05, 3.63) is 82.9 Å². The van der Waals surface area contributed by atoms with Gasteiger partial charge >= 0.3 is 0 Å². The average Bonchev–Trinajstić information content (AvgIpc) is 3.38. The lowest BCUT2D eigenvalue weighted by Gasteiger charge is -2.00. The third-order valence-corrected chi connectivity index (χ3v) is 6.11. The van der Waals surface area contributed by atoms with Crippen LogP contribution in [0.4, 0.5) is 5.69 Å². The second-order valence-electron chi connectivity index (χ2n) is 6.27. The van der Waals surface area contributed by atoms with Crippen molar-refractivity contribution in [2.45, 2.75) is 0 Å². The number of furan rings is 1. The van der Waals surface area contributed by atoms with Crippen LogP contribution in [0.2, 0.25) is 5.02 Å². The molecule has 0 bridgehead atoms. The van der Waals surface area contributed by atoms with Gasteiger partial charge in [-0.25, -0.2) is 14.4 Å². The molecular formula is C19H8BrClN4O4S. The standard InChI is InChI=1S/C19H8BrClN4O4S/c20-9-5-14-17(22-8-9)24-18(26)16(30-19(24)23-14)7-11-2-4-15(29-11)12-6-10(25(27)28)1-3-13(12)21/h1-8H. The van der Waals surface area contributed by atoms with Crippen LogP contribution in [0.15, 0.2) is 56.3 Å². The van der Waals surface area contributed by atoms with E-state index in [1.54, 1.807) is 30.5 Å². The molecule has 11 heteroatoms. The Morgan fingerprint density at radius 3 is 2.90 bits per heavy atom. The van der Waals surface area contributed by atoms with Crippen LogP contribution in [0.1, 0.15) is 5.76 Å². The van der Waals surface area contributed by atoms with Gasteiger partial charge in [-0.2, -0.15) is 0 Å². The first-order valence-electron chi connectivity index (χ1n) is 8.43. The van der Waals surface area contributed by atoms with E-state index in [1.165, 1.54) is 33.9 Å². The van der Waals surface area contributed by atoms with E-state index in [4.69, 9.17) is 16.0 Å². The van der Waals surface area contributed by atoms with Crippen molar-refractivity contribution in [3.63, 3.8) is 0 Å². The lowest BCUT2D eigenvalue weighted by atomic mass is 10.1. The van der Waals surface area contributed by atoms with Crippen LogP contribution in [0.3, 0.4) is 0 Å². The predicted octanol–water partition coefficient (Wildman–Crippen LogP) is 4.44. The van der Waals surface area contributed by atoms with Crippen molar-refractivity contribution < 1.29 is 9.34 Å². The highest BCUT2D eigenvalue weighted by Gasteiger charge is 2.15. The van der Waals surface area contributed by atoms with E-state index in [1.807, 2.05) is 0 Å². The summed E-state index contributed by atoms with van der Waals surface area (Å²) in [5, 5.41) is 11.4. The van der Waals surface area contributed by atoms with Crippen molar-refractivity contribution in [2.24, 2.45) is 0 Å². The Morgan fingerprint density at radius 1 is 1.27 bits per heavy atom. The van der Waals surface area contributed by atoms with E-state index in [9.17, 15) is 14.9 Å². The molecule has 0 fully saturated rings. The molecule has 4 aromatic heterocycles. The Kier molecular flexibility index (Phi) is 4.42. The van der Waals surface area contributed by atoms with Crippen LogP contribution in [0.5, 0.6) is 0 Å². The molecule has 148 valence electrons. The van der Waals surface area contributed by atoms with E-state index in [0.29, 0.717) is 42.8 Å². The monoisotopic (exact) mass is 502 g/mol.